The van der Waals surface area contributed by atoms with E-state index >= 15 is 0 Å². The molecule has 1 aliphatic heterocycles. The fraction of sp³-hybridized carbons (Fsp3) is 0.500. The first kappa shape index (κ1) is 19.5. The Bertz CT molecular complexity index is 816. The molecule has 0 bridgehead atoms. The third-order valence-electron chi connectivity index (χ3n) is 5.88. The zero-order chi connectivity index (χ0) is 19.5. The summed E-state index contributed by atoms with van der Waals surface area (Å²) in [4.78, 5) is 3.67. The van der Waals surface area contributed by atoms with E-state index in [0.29, 0.717) is 6.04 Å². The standard InChI is InChI=1S/C22H28N2O2S2/c1-25-18-13-15-10-11-24(22(27)23-16-7-4-3-5-8-16)21(20-9-6-12-28-20)17(15)14-19(18)26-2/h6,9,12-14,16,21H,3-5,7-8,10-11H2,1-2H3,(H,23,27)/t21-/m0/s1. The lowest BCUT2D eigenvalue weighted by molar-refractivity contribution is 0.316. The Morgan fingerprint density at radius 2 is 1.89 bits per heavy atom. The first-order chi connectivity index (χ1) is 13.7. The van der Waals surface area contributed by atoms with Crippen molar-refractivity contribution in [2.75, 3.05) is 20.8 Å². The van der Waals surface area contributed by atoms with Gasteiger partial charge in [0.05, 0.1) is 20.3 Å². The summed E-state index contributed by atoms with van der Waals surface area (Å²) >= 11 is 7.69. The van der Waals surface area contributed by atoms with Gasteiger partial charge in [-0.1, -0.05) is 25.3 Å². The number of nitrogens with zero attached hydrogens (tertiary/aromatic N) is 1. The van der Waals surface area contributed by atoms with E-state index in [2.05, 4.69) is 39.9 Å². The minimum absolute atomic E-state index is 0.118. The van der Waals surface area contributed by atoms with Gasteiger partial charge in [0.25, 0.3) is 0 Å². The predicted octanol–water partition coefficient (Wildman–Crippen LogP) is 4.92. The van der Waals surface area contributed by atoms with Gasteiger partial charge in [-0.05, 0) is 66.2 Å². The molecular formula is C22H28N2O2S2. The maximum Gasteiger partial charge on any atom is 0.169 e. The van der Waals surface area contributed by atoms with Gasteiger partial charge in [-0.2, -0.15) is 0 Å². The number of nitrogens with one attached hydrogen (secondary N) is 1. The van der Waals surface area contributed by atoms with Crippen molar-refractivity contribution < 1.29 is 9.47 Å². The normalized spacial score (nSPS) is 19.8. The maximum atomic E-state index is 5.91. The molecule has 1 aromatic carbocycles. The van der Waals surface area contributed by atoms with Gasteiger partial charge in [0.1, 0.15) is 0 Å². The summed E-state index contributed by atoms with van der Waals surface area (Å²) in [5, 5.41) is 6.69. The van der Waals surface area contributed by atoms with Crippen LogP contribution < -0.4 is 14.8 Å². The molecule has 2 heterocycles. The maximum absolute atomic E-state index is 5.91. The Hall–Kier alpha value is -1.79. The van der Waals surface area contributed by atoms with Crippen LogP contribution in [0.2, 0.25) is 0 Å². The van der Waals surface area contributed by atoms with E-state index < -0.39 is 0 Å². The van der Waals surface area contributed by atoms with Gasteiger partial charge in [-0.3, -0.25) is 0 Å². The molecule has 1 fully saturated rings. The molecule has 1 saturated carbocycles. The molecular weight excluding hydrogens is 388 g/mol. The van der Waals surface area contributed by atoms with Crippen LogP contribution in [0, 0.1) is 0 Å². The average molecular weight is 417 g/mol. The van der Waals surface area contributed by atoms with E-state index in [-0.39, 0.29) is 6.04 Å². The van der Waals surface area contributed by atoms with Crippen LogP contribution in [0.3, 0.4) is 0 Å². The number of thiophene rings is 1. The molecule has 1 aromatic heterocycles. The summed E-state index contributed by atoms with van der Waals surface area (Å²) in [6.07, 6.45) is 7.34. The predicted molar refractivity (Wildman–Crippen MR) is 119 cm³/mol. The summed E-state index contributed by atoms with van der Waals surface area (Å²) in [5.74, 6) is 1.57. The van der Waals surface area contributed by atoms with E-state index in [1.54, 1.807) is 25.6 Å². The van der Waals surface area contributed by atoms with Crippen molar-refractivity contribution in [2.45, 2.75) is 50.6 Å². The molecule has 0 saturated heterocycles. The molecule has 2 aliphatic rings. The van der Waals surface area contributed by atoms with Crippen LogP contribution in [0.1, 0.15) is 54.1 Å². The van der Waals surface area contributed by atoms with Crippen LogP contribution in [0.4, 0.5) is 0 Å². The highest BCUT2D eigenvalue weighted by Crippen LogP contribution is 2.42. The first-order valence-corrected chi connectivity index (χ1v) is 11.4. The highest BCUT2D eigenvalue weighted by molar-refractivity contribution is 7.80. The van der Waals surface area contributed by atoms with Crippen molar-refractivity contribution in [3.8, 4) is 11.5 Å². The van der Waals surface area contributed by atoms with E-state index in [0.717, 1.165) is 29.6 Å². The van der Waals surface area contributed by atoms with Crippen LogP contribution in [0.15, 0.2) is 29.6 Å². The number of hydrogen-bond donors (Lipinski definition) is 1. The Balaban J connectivity index is 1.67. The average Bonchev–Trinajstić information content (AvgIpc) is 3.26. The third kappa shape index (κ3) is 3.85. The fourth-order valence-electron chi connectivity index (χ4n) is 4.42. The van der Waals surface area contributed by atoms with Crippen molar-refractivity contribution in [3.05, 3.63) is 45.6 Å². The van der Waals surface area contributed by atoms with Gasteiger partial charge in [-0.25, -0.2) is 0 Å². The molecule has 0 spiro atoms. The van der Waals surface area contributed by atoms with E-state index in [1.807, 2.05) is 0 Å². The largest absolute Gasteiger partial charge is 0.493 e. The molecule has 0 amide bonds. The fourth-order valence-corrected chi connectivity index (χ4v) is 5.64. The SMILES string of the molecule is COc1cc2c(cc1OC)[C@@H](c1cccs1)N(C(=S)NC1CCCCC1)CC2. The Kier molecular flexibility index (Phi) is 6.07. The topological polar surface area (TPSA) is 33.7 Å². The molecule has 1 N–H and O–H groups in total. The quantitative estimate of drug-likeness (QED) is 0.716. The molecule has 2 aromatic rings. The third-order valence-corrected chi connectivity index (χ3v) is 7.16. The summed E-state index contributed by atoms with van der Waals surface area (Å²) < 4.78 is 11.1. The van der Waals surface area contributed by atoms with Crippen molar-refractivity contribution in [3.63, 3.8) is 0 Å². The van der Waals surface area contributed by atoms with Crippen LogP contribution in [0.5, 0.6) is 11.5 Å². The second-order valence-electron chi connectivity index (χ2n) is 7.55. The number of methoxy groups -OCH3 is 2. The van der Waals surface area contributed by atoms with Crippen LogP contribution in [-0.4, -0.2) is 36.8 Å². The van der Waals surface area contributed by atoms with Crippen molar-refractivity contribution in [2.24, 2.45) is 0 Å². The number of ether oxygens (including phenoxy) is 2. The zero-order valence-corrected chi connectivity index (χ0v) is 18.2. The molecule has 4 nitrogen and oxygen atoms in total. The van der Waals surface area contributed by atoms with Crippen LogP contribution >= 0.6 is 23.6 Å². The van der Waals surface area contributed by atoms with Gasteiger partial charge in [0.2, 0.25) is 0 Å². The number of benzene rings is 1. The zero-order valence-electron chi connectivity index (χ0n) is 16.6. The lowest BCUT2D eigenvalue weighted by atomic mass is 9.91. The highest BCUT2D eigenvalue weighted by Gasteiger charge is 2.33. The van der Waals surface area contributed by atoms with Gasteiger partial charge in [0.15, 0.2) is 16.6 Å². The molecule has 0 unspecified atom stereocenters. The van der Waals surface area contributed by atoms with Crippen LogP contribution in [-0.2, 0) is 6.42 Å². The second kappa shape index (κ2) is 8.70. The van der Waals surface area contributed by atoms with Gasteiger partial charge in [0, 0.05) is 17.5 Å². The lowest BCUT2D eigenvalue weighted by Gasteiger charge is -2.40. The number of rotatable bonds is 4. The Labute approximate surface area is 176 Å². The number of thiocarbonyl (C=S) groups is 1. The Morgan fingerprint density at radius 3 is 2.57 bits per heavy atom. The molecule has 1 atom stereocenters. The number of fused-ring (bicyclic) bond motifs is 1. The molecule has 6 heteroatoms. The molecule has 1 aliphatic carbocycles. The highest BCUT2D eigenvalue weighted by atomic mass is 32.1. The second-order valence-corrected chi connectivity index (χ2v) is 8.92. The minimum atomic E-state index is 0.118. The summed E-state index contributed by atoms with van der Waals surface area (Å²) in [6, 6.07) is 9.21. The van der Waals surface area contributed by atoms with Gasteiger partial charge >= 0.3 is 0 Å². The molecule has 0 radical (unpaired) electrons. The monoisotopic (exact) mass is 416 g/mol. The van der Waals surface area contributed by atoms with E-state index in [9.17, 15) is 0 Å². The van der Waals surface area contributed by atoms with Crippen molar-refractivity contribution in [1.29, 1.82) is 0 Å². The van der Waals surface area contributed by atoms with E-state index in [4.69, 9.17) is 21.7 Å². The Morgan fingerprint density at radius 1 is 1.14 bits per heavy atom. The smallest absolute Gasteiger partial charge is 0.169 e. The summed E-state index contributed by atoms with van der Waals surface area (Å²) in [5.41, 5.74) is 2.58. The first-order valence-electron chi connectivity index (χ1n) is 10.1. The molecule has 150 valence electrons. The van der Waals surface area contributed by atoms with Gasteiger partial charge in [-0.15, -0.1) is 11.3 Å². The van der Waals surface area contributed by atoms with E-state index in [1.165, 1.54) is 48.1 Å². The summed E-state index contributed by atoms with van der Waals surface area (Å²) in [6.45, 7) is 0.906. The lowest BCUT2D eigenvalue weighted by Crippen LogP contribution is -2.49. The molecule has 28 heavy (non-hydrogen) atoms. The summed E-state index contributed by atoms with van der Waals surface area (Å²) in [7, 11) is 3.39. The van der Waals surface area contributed by atoms with Crippen LogP contribution in [0.25, 0.3) is 0 Å². The minimum Gasteiger partial charge on any atom is -0.493 e. The van der Waals surface area contributed by atoms with Crippen molar-refractivity contribution in [1.82, 2.24) is 10.2 Å². The molecule has 4 rings (SSSR count). The number of hydrogen-bond acceptors (Lipinski definition) is 4. The van der Waals surface area contributed by atoms with Crippen molar-refractivity contribution >= 4 is 28.7 Å². The van der Waals surface area contributed by atoms with Gasteiger partial charge < -0.3 is 19.7 Å².